The topological polar surface area (TPSA) is 29.3 Å². The normalized spacial score (nSPS) is 18.2. The Morgan fingerprint density at radius 3 is 2.79 bits per heavy atom. The number of halogens is 1. The molecule has 0 unspecified atom stereocenters. The van der Waals surface area contributed by atoms with E-state index in [9.17, 15) is 0 Å². The summed E-state index contributed by atoms with van der Waals surface area (Å²) >= 11 is 6.04. The molecule has 0 spiro atoms. The van der Waals surface area contributed by atoms with E-state index >= 15 is 0 Å². The fraction of sp³-hybridized carbons (Fsp3) is 0.455. The second-order valence-electron chi connectivity index (χ2n) is 4.04. The molecule has 0 aromatic heterocycles. The van der Waals surface area contributed by atoms with Crippen molar-refractivity contribution < 1.29 is 0 Å². The third-order valence-electron chi connectivity index (χ3n) is 2.63. The van der Waals surface area contributed by atoms with Crippen molar-refractivity contribution in [3.63, 3.8) is 0 Å². The number of nitrogens with two attached hydrogens (primary N) is 1. The molecule has 2 rings (SSSR count). The summed E-state index contributed by atoms with van der Waals surface area (Å²) in [6, 6.07) is 6.61. The molecule has 0 bridgehead atoms. The second kappa shape index (κ2) is 3.89. The molecule has 14 heavy (non-hydrogen) atoms. The minimum absolute atomic E-state index is 0.371. The zero-order chi connectivity index (χ0) is 10.1. The molecule has 76 valence electrons. The van der Waals surface area contributed by atoms with E-state index in [1.807, 2.05) is 13.0 Å². The summed E-state index contributed by atoms with van der Waals surface area (Å²) in [5.74, 6) is 0. The van der Waals surface area contributed by atoms with Gasteiger partial charge in [0.25, 0.3) is 0 Å². The molecule has 2 nitrogen and oxygen atoms in total. The highest BCUT2D eigenvalue weighted by atomic mass is 35.5. The number of likely N-dealkylation sites (tertiary alicyclic amines) is 1. The Bertz CT molecular complexity index is 332. The molecule has 0 radical (unpaired) electrons. The van der Waals surface area contributed by atoms with Gasteiger partial charge in [-0.3, -0.25) is 4.90 Å². The summed E-state index contributed by atoms with van der Waals surface area (Å²) in [4.78, 5) is 2.33. The lowest BCUT2D eigenvalue weighted by Crippen LogP contribution is -2.54. The first-order valence-electron chi connectivity index (χ1n) is 4.88. The van der Waals surface area contributed by atoms with Crippen LogP contribution in [-0.4, -0.2) is 24.0 Å². The minimum Gasteiger partial charge on any atom is -0.325 e. The van der Waals surface area contributed by atoms with Crippen LogP contribution in [0.3, 0.4) is 0 Å². The minimum atomic E-state index is 0.371. The van der Waals surface area contributed by atoms with Gasteiger partial charge in [-0.2, -0.15) is 0 Å². The molecule has 0 aliphatic carbocycles. The quantitative estimate of drug-likeness (QED) is 0.807. The average molecular weight is 211 g/mol. The predicted molar refractivity (Wildman–Crippen MR) is 59.4 cm³/mol. The standard InChI is InChI=1S/C11H15ClN2/c1-8-2-3-9(4-11(8)12)5-14-6-10(13)7-14/h2-4,10H,5-7,13H2,1H3. The first-order chi connectivity index (χ1) is 6.65. The van der Waals surface area contributed by atoms with Crippen LogP contribution in [-0.2, 0) is 6.54 Å². The molecule has 3 heteroatoms. The van der Waals surface area contributed by atoms with Crippen molar-refractivity contribution in [3.8, 4) is 0 Å². The number of nitrogens with zero attached hydrogens (tertiary/aromatic N) is 1. The van der Waals surface area contributed by atoms with Crippen molar-refractivity contribution in [2.45, 2.75) is 19.5 Å². The number of rotatable bonds is 2. The maximum Gasteiger partial charge on any atom is 0.0438 e. The van der Waals surface area contributed by atoms with Gasteiger partial charge in [0.15, 0.2) is 0 Å². The smallest absolute Gasteiger partial charge is 0.0438 e. The number of hydrogen-bond donors (Lipinski definition) is 1. The van der Waals surface area contributed by atoms with Crippen LogP contribution in [0.2, 0.25) is 5.02 Å². The van der Waals surface area contributed by atoms with E-state index in [1.54, 1.807) is 0 Å². The zero-order valence-electron chi connectivity index (χ0n) is 8.33. The molecule has 1 aliphatic heterocycles. The van der Waals surface area contributed by atoms with Crippen molar-refractivity contribution in [1.29, 1.82) is 0 Å². The van der Waals surface area contributed by atoms with Crippen LogP contribution >= 0.6 is 11.6 Å². The molecular weight excluding hydrogens is 196 g/mol. The Morgan fingerprint density at radius 1 is 1.50 bits per heavy atom. The van der Waals surface area contributed by atoms with Gasteiger partial charge in [-0.25, -0.2) is 0 Å². The lowest BCUT2D eigenvalue weighted by molar-refractivity contribution is 0.142. The highest BCUT2D eigenvalue weighted by molar-refractivity contribution is 6.31. The van der Waals surface area contributed by atoms with Crippen LogP contribution in [0.1, 0.15) is 11.1 Å². The van der Waals surface area contributed by atoms with Gasteiger partial charge >= 0.3 is 0 Å². The molecule has 0 saturated carbocycles. The summed E-state index contributed by atoms with van der Waals surface area (Å²) in [6.07, 6.45) is 0. The van der Waals surface area contributed by atoms with Crippen molar-refractivity contribution >= 4 is 11.6 Å². The lowest BCUT2D eigenvalue weighted by Gasteiger charge is -2.36. The maximum absolute atomic E-state index is 6.04. The summed E-state index contributed by atoms with van der Waals surface area (Å²) in [7, 11) is 0. The monoisotopic (exact) mass is 210 g/mol. The molecule has 2 N–H and O–H groups in total. The summed E-state index contributed by atoms with van der Waals surface area (Å²) in [5.41, 5.74) is 8.11. The van der Waals surface area contributed by atoms with E-state index in [4.69, 9.17) is 17.3 Å². The van der Waals surface area contributed by atoms with E-state index in [-0.39, 0.29) is 0 Å². The Kier molecular flexibility index (Phi) is 2.77. The van der Waals surface area contributed by atoms with Crippen LogP contribution < -0.4 is 5.73 Å². The second-order valence-corrected chi connectivity index (χ2v) is 4.44. The van der Waals surface area contributed by atoms with Crippen molar-refractivity contribution in [1.82, 2.24) is 4.90 Å². The third kappa shape index (κ3) is 2.08. The van der Waals surface area contributed by atoms with Crippen molar-refractivity contribution in [2.24, 2.45) is 5.73 Å². The largest absolute Gasteiger partial charge is 0.325 e. The third-order valence-corrected chi connectivity index (χ3v) is 3.04. The van der Waals surface area contributed by atoms with Crippen LogP contribution in [0.5, 0.6) is 0 Å². The number of hydrogen-bond acceptors (Lipinski definition) is 2. The number of benzene rings is 1. The molecule has 0 atom stereocenters. The van der Waals surface area contributed by atoms with Gasteiger partial charge in [0.2, 0.25) is 0 Å². The predicted octanol–water partition coefficient (Wildman–Crippen LogP) is 1.79. The highest BCUT2D eigenvalue weighted by Crippen LogP contribution is 2.19. The van der Waals surface area contributed by atoms with Crippen LogP contribution in [0.15, 0.2) is 18.2 Å². The maximum atomic E-state index is 6.04. The fourth-order valence-electron chi connectivity index (χ4n) is 1.73. The van der Waals surface area contributed by atoms with Gasteiger partial charge in [-0.1, -0.05) is 23.7 Å². The Balaban J connectivity index is 2.00. The summed E-state index contributed by atoms with van der Waals surface area (Å²) < 4.78 is 0. The van der Waals surface area contributed by atoms with Crippen LogP contribution in [0, 0.1) is 6.92 Å². The molecule has 1 aromatic carbocycles. The van der Waals surface area contributed by atoms with E-state index in [0.29, 0.717) is 6.04 Å². The summed E-state index contributed by atoms with van der Waals surface area (Å²) in [6.45, 7) is 5.00. The van der Waals surface area contributed by atoms with E-state index in [2.05, 4.69) is 17.0 Å². The van der Waals surface area contributed by atoms with E-state index in [1.165, 1.54) is 5.56 Å². The van der Waals surface area contributed by atoms with Gasteiger partial charge in [0, 0.05) is 30.7 Å². The first-order valence-corrected chi connectivity index (χ1v) is 5.26. The average Bonchev–Trinajstić information content (AvgIpc) is 2.09. The van der Waals surface area contributed by atoms with Gasteiger partial charge in [0.1, 0.15) is 0 Å². The molecule has 1 fully saturated rings. The molecule has 1 aromatic rings. The van der Waals surface area contributed by atoms with Gasteiger partial charge in [0.05, 0.1) is 0 Å². The molecule has 1 heterocycles. The first kappa shape index (κ1) is 9.97. The SMILES string of the molecule is Cc1ccc(CN2CC(N)C2)cc1Cl. The number of aryl methyl sites for hydroxylation is 1. The molecule has 1 saturated heterocycles. The Hall–Kier alpha value is -0.570. The molecular formula is C11H15ClN2. The molecule has 1 aliphatic rings. The van der Waals surface area contributed by atoms with Gasteiger partial charge in [-0.05, 0) is 24.1 Å². The Labute approximate surface area is 89.7 Å². The van der Waals surface area contributed by atoms with Crippen molar-refractivity contribution in [2.75, 3.05) is 13.1 Å². The van der Waals surface area contributed by atoms with E-state index in [0.717, 1.165) is 30.2 Å². The van der Waals surface area contributed by atoms with Gasteiger partial charge in [-0.15, -0.1) is 0 Å². The lowest BCUT2D eigenvalue weighted by atomic mass is 10.1. The van der Waals surface area contributed by atoms with Gasteiger partial charge < -0.3 is 5.73 Å². The van der Waals surface area contributed by atoms with Crippen molar-refractivity contribution in [3.05, 3.63) is 34.3 Å². The van der Waals surface area contributed by atoms with E-state index < -0.39 is 0 Å². The zero-order valence-corrected chi connectivity index (χ0v) is 9.09. The fourth-order valence-corrected chi connectivity index (χ4v) is 1.93. The highest BCUT2D eigenvalue weighted by Gasteiger charge is 2.22. The molecule has 0 amide bonds. The summed E-state index contributed by atoms with van der Waals surface area (Å²) in [5, 5.41) is 0.854. The Morgan fingerprint density at radius 2 is 2.21 bits per heavy atom. The van der Waals surface area contributed by atoms with Crippen LogP contribution in [0.25, 0.3) is 0 Å². The van der Waals surface area contributed by atoms with Crippen LogP contribution in [0.4, 0.5) is 0 Å².